The average Bonchev–Trinajstić information content (AvgIpc) is 2.29. The molecule has 0 heterocycles. The number of nitrogens with one attached hydrogen (secondary N) is 1. The highest BCUT2D eigenvalue weighted by Crippen LogP contribution is 2.21. The van der Waals surface area contributed by atoms with E-state index in [-0.39, 0.29) is 6.42 Å². The van der Waals surface area contributed by atoms with E-state index < -0.39 is 12.0 Å². The van der Waals surface area contributed by atoms with E-state index in [2.05, 4.69) is 5.32 Å². The fourth-order valence-electron chi connectivity index (χ4n) is 1.52. The first-order valence-electron chi connectivity index (χ1n) is 5.31. The van der Waals surface area contributed by atoms with Gasteiger partial charge in [-0.2, -0.15) is 0 Å². The molecule has 1 aromatic carbocycles. The van der Waals surface area contributed by atoms with Crippen LogP contribution in [0.3, 0.4) is 0 Å². The van der Waals surface area contributed by atoms with Crippen LogP contribution in [0.5, 0.6) is 5.75 Å². The fraction of sp³-hybridized carbons (Fsp3) is 0.333. The average molecular weight is 237 g/mol. The van der Waals surface area contributed by atoms with Crippen LogP contribution in [-0.2, 0) is 9.59 Å². The third kappa shape index (κ3) is 4.14. The van der Waals surface area contributed by atoms with Crippen molar-refractivity contribution in [1.29, 1.82) is 0 Å². The van der Waals surface area contributed by atoms with E-state index in [1.54, 1.807) is 24.3 Å². The van der Waals surface area contributed by atoms with E-state index in [1.165, 1.54) is 0 Å². The predicted octanol–water partition coefficient (Wildman–Crippen LogP) is 1.35. The Bertz CT molecular complexity index is 392. The number of carbonyl (C=O) groups excluding carboxylic acids is 1. The first-order chi connectivity index (χ1) is 8.17. The number of carboxylic acids is 1. The molecule has 0 bridgehead atoms. The number of aliphatic carboxylic acids is 1. The minimum Gasteiger partial charge on any atom is -0.494 e. The van der Waals surface area contributed by atoms with Crippen LogP contribution in [0.15, 0.2) is 24.3 Å². The molecule has 1 atom stereocenters. The molecule has 0 radical (unpaired) electrons. The molecule has 0 aliphatic heterocycles. The van der Waals surface area contributed by atoms with Crippen LogP contribution in [0.2, 0.25) is 0 Å². The molecule has 1 amide bonds. The Labute approximate surface area is 99.4 Å². The maximum absolute atomic E-state index is 10.7. The highest BCUT2D eigenvalue weighted by molar-refractivity contribution is 5.68. The first kappa shape index (κ1) is 13.0. The summed E-state index contributed by atoms with van der Waals surface area (Å²) < 4.78 is 5.32. The van der Waals surface area contributed by atoms with Crippen LogP contribution in [-0.4, -0.2) is 24.1 Å². The summed E-state index contributed by atoms with van der Waals surface area (Å²) in [5.74, 6) is -0.306. The highest BCUT2D eigenvalue weighted by Gasteiger charge is 2.15. The van der Waals surface area contributed by atoms with Crippen molar-refractivity contribution in [3.05, 3.63) is 29.8 Å². The van der Waals surface area contributed by atoms with Gasteiger partial charge in [0.15, 0.2) is 0 Å². The number of hydrogen-bond donors (Lipinski definition) is 2. The largest absolute Gasteiger partial charge is 0.494 e. The molecule has 1 aromatic rings. The molecule has 5 nitrogen and oxygen atoms in total. The Morgan fingerprint density at radius 3 is 2.94 bits per heavy atom. The maximum Gasteiger partial charge on any atom is 0.305 e. The molecule has 0 spiro atoms. The second kappa shape index (κ2) is 6.52. The lowest BCUT2D eigenvalue weighted by Gasteiger charge is -2.15. The van der Waals surface area contributed by atoms with E-state index in [0.29, 0.717) is 24.3 Å². The summed E-state index contributed by atoms with van der Waals surface area (Å²) in [6, 6.07) is 6.50. The first-order valence-corrected chi connectivity index (χ1v) is 5.31. The van der Waals surface area contributed by atoms with Crippen molar-refractivity contribution in [3.63, 3.8) is 0 Å². The van der Waals surface area contributed by atoms with Gasteiger partial charge in [0.05, 0.1) is 19.1 Å². The van der Waals surface area contributed by atoms with E-state index in [9.17, 15) is 9.59 Å². The third-order valence-electron chi connectivity index (χ3n) is 2.22. The van der Waals surface area contributed by atoms with E-state index >= 15 is 0 Å². The van der Waals surface area contributed by atoms with Gasteiger partial charge in [-0.05, 0) is 24.6 Å². The lowest BCUT2D eigenvalue weighted by molar-refractivity contribution is -0.137. The zero-order valence-corrected chi connectivity index (χ0v) is 9.55. The van der Waals surface area contributed by atoms with Gasteiger partial charge in [-0.15, -0.1) is 0 Å². The van der Waals surface area contributed by atoms with Crippen molar-refractivity contribution >= 4 is 12.4 Å². The van der Waals surface area contributed by atoms with Gasteiger partial charge in [0.1, 0.15) is 5.75 Å². The molecule has 0 aromatic heterocycles. The molecule has 0 aliphatic carbocycles. The molecular weight excluding hydrogens is 222 g/mol. The van der Waals surface area contributed by atoms with Gasteiger partial charge in [-0.25, -0.2) is 0 Å². The summed E-state index contributed by atoms with van der Waals surface area (Å²) >= 11 is 0. The van der Waals surface area contributed by atoms with Gasteiger partial charge in [0.2, 0.25) is 6.41 Å². The monoisotopic (exact) mass is 237 g/mol. The van der Waals surface area contributed by atoms with Crippen LogP contribution in [0, 0.1) is 0 Å². The van der Waals surface area contributed by atoms with Crippen molar-refractivity contribution in [2.24, 2.45) is 0 Å². The second-order valence-electron chi connectivity index (χ2n) is 3.44. The van der Waals surface area contributed by atoms with Crippen LogP contribution < -0.4 is 10.1 Å². The van der Waals surface area contributed by atoms with Crippen LogP contribution in [0.4, 0.5) is 0 Å². The molecular formula is C12H15NO4. The number of rotatable bonds is 7. The zero-order chi connectivity index (χ0) is 12.7. The molecule has 1 unspecified atom stereocenters. The number of carboxylic acid groups (broad SMARTS) is 1. The maximum atomic E-state index is 10.7. The lowest BCUT2D eigenvalue weighted by atomic mass is 10.0. The second-order valence-corrected chi connectivity index (χ2v) is 3.44. The lowest BCUT2D eigenvalue weighted by Crippen LogP contribution is -2.22. The number of ether oxygens (including phenoxy) is 1. The van der Waals surface area contributed by atoms with Crippen LogP contribution >= 0.6 is 0 Å². The number of hydrogen-bond acceptors (Lipinski definition) is 3. The zero-order valence-electron chi connectivity index (χ0n) is 9.55. The van der Waals surface area contributed by atoms with Crippen molar-refractivity contribution in [2.45, 2.75) is 19.4 Å². The normalized spacial score (nSPS) is 11.6. The fourth-order valence-corrected chi connectivity index (χ4v) is 1.52. The van der Waals surface area contributed by atoms with Crippen molar-refractivity contribution in [2.75, 3.05) is 6.61 Å². The standard InChI is InChI=1S/C12H15NO4/c1-2-17-10-5-3-4-9(6-10)11(13-8-14)7-12(15)16/h3-6,8,11H,2,7H2,1H3,(H,13,14)(H,15,16). The highest BCUT2D eigenvalue weighted by atomic mass is 16.5. The molecule has 0 saturated heterocycles. The number of carbonyl (C=O) groups is 2. The van der Waals surface area contributed by atoms with Crippen LogP contribution in [0.25, 0.3) is 0 Å². The summed E-state index contributed by atoms with van der Waals surface area (Å²) in [6.45, 7) is 2.40. The summed E-state index contributed by atoms with van der Waals surface area (Å²) in [7, 11) is 0. The van der Waals surface area contributed by atoms with Crippen molar-refractivity contribution in [3.8, 4) is 5.75 Å². The Balaban J connectivity index is 2.88. The molecule has 2 N–H and O–H groups in total. The number of benzene rings is 1. The quantitative estimate of drug-likeness (QED) is 0.702. The van der Waals surface area contributed by atoms with E-state index in [0.717, 1.165) is 0 Å². The van der Waals surface area contributed by atoms with E-state index in [1.807, 2.05) is 6.92 Å². The van der Waals surface area contributed by atoms with Crippen molar-refractivity contribution in [1.82, 2.24) is 5.32 Å². The molecule has 5 heteroatoms. The van der Waals surface area contributed by atoms with E-state index in [4.69, 9.17) is 9.84 Å². The third-order valence-corrected chi connectivity index (χ3v) is 2.22. The van der Waals surface area contributed by atoms with Gasteiger partial charge >= 0.3 is 5.97 Å². The smallest absolute Gasteiger partial charge is 0.305 e. The summed E-state index contributed by atoms with van der Waals surface area (Å²) in [4.78, 5) is 21.1. The summed E-state index contributed by atoms with van der Waals surface area (Å²) in [6.07, 6.45) is 0.343. The Morgan fingerprint density at radius 1 is 1.59 bits per heavy atom. The van der Waals surface area contributed by atoms with Gasteiger partial charge < -0.3 is 15.2 Å². The van der Waals surface area contributed by atoms with Gasteiger partial charge in [0, 0.05) is 0 Å². The Hall–Kier alpha value is -2.04. The number of amides is 1. The summed E-state index contributed by atoms with van der Waals surface area (Å²) in [5, 5.41) is 11.2. The summed E-state index contributed by atoms with van der Waals surface area (Å²) in [5.41, 5.74) is 0.713. The topological polar surface area (TPSA) is 75.6 Å². The van der Waals surface area contributed by atoms with Gasteiger partial charge in [-0.3, -0.25) is 9.59 Å². The molecule has 1 rings (SSSR count). The molecule has 0 saturated carbocycles. The van der Waals surface area contributed by atoms with Crippen LogP contribution in [0.1, 0.15) is 24.9 Å². The van der Waals surface area contributed by atoms with Crippen molar-refractivity contribution < 1.29 is 19.4 Å². The molecule has 17 heavy (non-hydrogen) atoms. The van der Waals surface area contributed by atoms with Gasteiger partial charge in [-0.1, -0.05) is 12.1 Å². The molecule has 0 fully saturated rings. The Morgan fingerprint density at radius 2 is 2.35 bits per heavy atom. The molecule has 0 aliphatic rings. The van der Waals surface area contributed by atoms with Gasteiger partial charge in [0.25, 0.3) is 0 Å². The minimum absolute atomic E-state index is 0.158. The molecule has 92 valence electrons. The Kier molecular flexibility index (Phi) is 5.00. The SMILES string of the molecule is CCOc1cccc(C(CC(=O)O)NC=O)c1. The predicted molar refractivity (Wildman–Crippen MR) is 61.8 cm³/mol. The minimum atomic E-state index is -0.967.